The average Bonchev–Trinajstić information content (AvgIpc) is 3.36. The molecule has 1 aliphatic heterocycles. The van der Waals surface area contributed by atoms with Gasteiger partial charge in [0.15, 0.2) is 0 Å². The van der Waals surface area contributed by atoms with Crippen LogP contribution >= 0.6 is 0 Å². The number of carbonyl (C=O) groups is 1. The first-order valence-electron chi connectivity index (χ1n) is 8.68. The van der Waals surface area contributed by atoms with E-state index in [4.69, 9.17) is 4.74 Å². The van der Waals surface area contributed by atoms with Gasteiger partial charge in [-0.2, -0.15) is 10.2 Å². The number of hydrogen-bond acceptors (Lipinski definition) is 4. The number of amides is 1. The third kappa shape index (κ3) is 2.55. The molecule has 2 N–H and O–H groups in total. The van der Waals surface area contributed by atoms with E-state index in [1.165, 1.54) is 0 Å². The number of H-pyrrole nitrogens is 1. The van der Waals surface area contributed by atoms with Gasteiger partial charge in [0.1, 0.15) is 5.75 Å². The SMILES string of the molecule is COc1ccc(-n2cccn2)c(C2CC(=O)Nc3cc4[nH]ncc4cc32)c1. The van der Waals surface area contributed by atoms with Crippen LogP contribution in [-0.2, 0) is 4.79 Å². The van der Waals surface area contributed by atoms with E-state index in [0.717, 1.165) is 39.2 Å². The van der Waals surface area contributed by atoms with Crippen LogP contribution in [0.4, 0.5) is 5.69 Å². The van der Waals surface area contributed by atoms with Crippen molar-refractivity contribution in [2.24, 2.45) is 0 Å². The Bertz CT molecular complexity index is 1150. The van der Waals surface area contributed by atoms with Crippen LogP contribution in [0.15, 0.2) is 55.0 Å². The van der Waals surface area contributed by atoms with Gasteiger partial charge in [0.25, 0.3) is 0 Å². The minimum Gasteiger partial charge on any atom is -0.497 e. The molecule has 0 saturated carbocycles. The third-order valence-corrected chi connectivity index (χ3v) is 5.01. The molecule has 0 aliphatic carbocycles. The lowest BCUT2D eigenvalue weighted by Crippen LogP contribution is -2.24. The Balaban J connectivity index is 1.74. The van der Waals surface area contributed by atoms with Crippen LogP contribution in [0.3, 0.4) is 0 Å². The largest absolute Gasteiger partial charge is 0.497 e. The van der Waals surface area contributed by atoms with Crippen molar-refractivity contribution >= 4 is 22.5 Å². The molecule has 3 heterocycles. The number of fused-ring (bicyclic) bond motifs is 2. The molecule has 1 unspecified atom stereocenters. The molecule has 134 valence electrons. The summed E-state index contributed by atoms with van der Waals surface area (Å²) in [6.07, 6.45) is 5.79. The third-order valence-electron chi connectivity index (χ3n) is 5.01. The highest BCUT2D eigenvalue weighted by Gasteiger charge is 2.29. The van der Waals surface area contributed by atoms with Crippen LogP contribution < -0.4 is 10.1 Å². The zero-order valence-electron chi connectivity index (χ0n) is 14.6. The molecule has 2 aromatic carbocycles. The molecular weight excluding hydrogens is 342 g/mol. The minimum absolute atomic E-state index is 0.0133. The van der Waals surface area contributed by atoms with Crippen molar-refractivity contribution in [3.05, 3.63) is 66.1 Å². The first-order chi connectivity index (χ1) is 13.2. The number of carbonyl (C=O) groups excluding carboxylic acids is 1. The summed E-state index contributed by atoms with van der Waals surface area (Å²) in [5.74, 6) is 0.626. The summed E-state index contributed by atoms with van der Waals surface area (Å²) in [6.45, 7) is 0. The van der Waals surface area contributed by atoms with Gasteiger partial charge in [-0.05, 0) is 47.5 Å². The molecular formula is C20H17N5O2. The maximum absolute atomic E-state index is 12.4. The van der Waals surface area contributed by atoms with E-state index in [2.05, 4.69) is 26.7 Å². The molecule has 7 nitrogen and oxygen atoms in total. The Morgan fingerprint density at radius 2 is 2.15 bits per heavy atom. The van der Waals surface area contributed by atoms with E-state index < -0.39 is 0 Å². The molecule has 0 bridgehead atoms. The molecule has 0 spiro atoms. The number of methoxy groups -OCH3 is 1. The molecule has 0 fully saturated rings. The summed E-state index contributed by atoms with van der Waals surface area (Å²) < 4.78 is 7.26. The number of ether oxygens (including phenoxy) is 1. The van der Waals surface area contributed by atoms with Gasteiger partial charge in [-0.3, -0.25) is 9.89 Å². The van der Waals surface area contributed by atoms with Crippen LogP contribution in [0.1, 0.15) is 23.5 Å². The van der Waals surface area contributed by atoms with Crippen molar-refractivity contribution in [2.75, 3.05) is 12.4 Å². The Morgan fingerprint density at radius 3 is 2.96 bits per heavy atom. The van der Waals surface area contributed by atoms with Crippen molar-refractivity contribution in [2.45, 2.75) is 12.3 Å². The van der Waals surface area contributed by atoms with Crippen LogP contribution in [-0.4, -0.2) is 33.0 Å². The second kappa shape index (κ2) is 5.98. The molecule has 27 heavy (non-hydrogen) atoms. The number of rotatable bonds is 3. The number of aromatic nitrogens is 4. The van der Waals surface area contributed by atoms with Gasteiger partial charge in [0.05, 0.1) is 24.5 Å². The molecule has 4 aromatic rings. The number of benzene rings is 2. The normalized spacial score (nSPS) is 16.2. The van der Waals surface area contributed by atoms with E-state index in [0.29, 0.717) is 6.42 Å². The standard InChI is InChI=1S/C20H17N5O2/c1-27-13-3-4-19(25-6-2-5-22-25)16(8-13)14-9-20(26)23-18-10-17-12(7-15(14)18)11-21-24-17/h2-8,10-11,14H,9H2,1H3,(H,21,24)(H,23,26). The van der Waals surface area contributed by atoms with Gasteiger partial charge in [-0.15, -0.1) is 0 Å². The molecule has 1 amide bonds. The fourth-order valence-corrected chi connectivity index (χ4v) is 3.74. The van der Waals surface area contributed by atoms with Gasteiger partial charge in [0, 0.05) is 35.8 Å². The van der Waals surface area contributed by atoms with E-state index >= 15 is 0 Å². The Kier molecular flexibility index (Phi) is 3.46. The van der Waals surface area contributed by atoms with Crippen molar-refractivity contribution in [3.63, 3.8) is 0 Å². The lowest BCUT2D eigenvalue weighted by Gasteiger charge is -2.28. The van der Waals surface area contributed by atoms with Crippen molar-refractivity contribution < 1.29 is 9.53 Å². The lowest BCUT2D eigenvalue weighted by atomic mass is 9.83. The number of nitrogens with one attached hydrogen (secondary N) is 2. The van der Waals surface area contributed by atoms with E-state index in [9.17, 15) is 4.79 Å². The van der Waals surface area contributed by atoms with E-state index in [-0.39, 0.29) is 11.8 Å². The van der Waals surface area contributed by atoms with Gasteiger partial charge in [-0.1, -0.05) is 0 Å². The molecule has 5 rings (SSSR count). The van der Waals surface area contributed by atoms with Crippen molar-refractivity contribution in [1.29, 1.82) is 0 Å². The van der Waals surface area contributed by atoms with Gasteiger partial charge >= 0.3 is 0 Å². The van der Waals surface area contributed by atoms with Crippen LogP contribution in [0.25, 0.3) is 16.6 Å². The summed E-state index contributed by atoms with van der Waals surface area (Å²) in [4.78, 5) is 12.4. The molecule has 2 aromatic heterocycles. The van der Waals surface area contributed by atoms with E-state index in [1.54, 1.807) is 19.5 Å². The first-order valence-corrected chi connectivity index (χ1v) is 8.68. The molecule has 0 saturated heterocycles. The smallest absolute Gasteiger partial charge is 0.225 e. The van der Waals surface area contributed by atoms with Gasteiger partial charge in [0.2, 0.25) is 5.91 Å². The zero-order chi connectivity index (χ0) is 18.4. The Hall–Kier alpha value is -3.61. The second-order valence-electron chi connectivity index (χ2n) is 6.58. The summed E-state index contributed by atoms with van der Waals surface area (Å²) in [5, 5.41) is 15.4. The number of nitrogens with zero attached hydrogens (tertiary/aromatic N) is 3. The molecule has 0 radical (unpaired) electrons. The maximum Gasteiger partial charge on any atom is 0.225 e. The second-order valence-corrected chi connectivity index (χ2v) is 6.58. The number of anilines is 1. The zero-order valence-corrected chi connectivity index (χ0v) is 14.6. The first kappa shape index (κ1) is 15.6. The van der Waals surface area contributed by atoms with Gasteiger partial charge < -0.3 is 10.1 Å². The van der Waals surface area contributed by atoms with Crippen LogP contribution in [0, 0.1) is 0 Å². The highest BCUT2D eigenvalue weighted by molar-refractivity contribution is 5.98. The number of hydrogen-bond donors (Lipinski definition) is 2. The minimum atomic E-state index is -0.109. The maximum atomic E-state index is 12.4. The average molecular weight is 359 g/mol. The predicted molar refractivity (Wildman–Crippen MR) is 101 cm³/mol. The highest BCUT2D eigenvalue weighted by Crippen LogP contribution is 2.41. The van der Waals surface area contributed by atoms with Crippen LogP contribution in [0.5, 0.6) is 5.75 Å². The molecule has 7 heteroatoms. The topological polar surface area (TPSA) is 84.8 Å². The van der Waals surface area contributed by atoms with Crippen LogP contribution in [0.2, 0.25) is 0 Å². The summed E-state index contributed by atoms with van der Waals surface area (Å²) in [6, 6.07) is 11.8. The quantitative estimate of drug-likeness (QED) is 0.588. The lowest BCUT2D eigenvalue weighted by molar-refractivity contribution is -0.116. The molecule has 1 aliphatic rings. The number of aromatic amines is 1. The summed E-state index contributed by atoms with van der Waals surface area (Å²) in [5.41, 5.74) is 4.69. The fourth-order valence-electron chi connectivity index (χ4n) is 3.74. The summed E-state index contributed by atoms with van der Waals surface area (Å²) >= 11 is 0. The fraction of sp³-hybridized carbons (Fsp3) is 0.150. The molecule has 1 atom stereocenters. The monoisotopic (exact) mass is 359 g/mol. The van der Waals surface area contributed by atoms with Crippen molar-refractivity contribution in [3.8, 4) is 11.4 Å². The Morgan fingerprint density at radius 1 is 1.22 bits per heavy atom. The Labute approximate surface area is 155 Å². The highest BCUT2D eigenvalue weighted by atomic mass is 16.5. The van der Waals surface area contributed by atoms with E-state index in [1.807, 2.05) is 41.2 Å². The van der Waals surface area contributed by atoms with Crippen molar-refractivity contribution in [1.82, 2.24) is 20.0 Å². The predicted octanol–water partition coefficient (Wildman–Crippen LogP) is 3.23. The summed E-state index contributed by atoms with van der Waals surface area (Å²) in [7, 11) is 1.64. The van der Waals surface area contributed by atoms with Gasteiger partial charge in [-0.25, -0.2) is 4.68 Å².